The Kier molecular flexibility index (Phi) is 5.00. The minimum absolute atomic E-state index is 0.0670. The summed E-state index contributed by atoms with van der Waals surface area (Å²) in [6.07, 6.45) is 4.13. The lowest BCUT2D eigenvalue weighted by atomic mass is 9.86. The summed E-state index contributed by atoms with van der Waals surface area (Å²) in [6.45, 7) is 8.29. The van der Waals surface area contributed by atoms with Gasteiger partial charge in [0, 0.05) is 24.9 Å². The first-order valence-corrected chi connectivity index (χ1v) is 8.56. The summed E-state index contributed by atoms with van der Waals surface area (Å²) in [7, 11) is 0. The molecule has 0 aliphatic carbocycles. The zero-order valence-electron chi connectivity index (χ0n) is 14.7. The molecule has 1 saturated heterocycles. The molecule has 3 rings (SSSR count). The largest absolute Gasteiger partial charge is 0.376 e. The van der Waals surface area contributed by atoms with Crippen molar-refractivity contribution in [2.24, 2.45) is 0 Å². The van der Waals surface area contributed by atoms with Gasteiger partial charge in [-0.05, 0) is 29.9 Å². The molecule has 1 atom stereocenters. The SMILES string of the molecule is CC(C)(C)c1ccccc1Nc1cc(NCC2CCCO2)ncn1. The number of hydrogen-bond donors (Lipinski definition) is 2. The number of nitrogens with zero attached hydrogens (tertiary/aromatic N) is 2. The van der Waals surface area contributed by atoms with Gasteiger partial charge in [0.1, 0.15) is 18.0 Å². The smallest absolute Gasteiger partial charge is 0.135 e. The van der Waals surface area contributed by atoms with Gasteiger partial charge in [0.25, 0.3) is 0 Å². The van der Waals surface area contributed by atoms with Crippen LogP contribution < -0.4 is 10.6 Å². The molecule has 0 spiro atoms. The maximum atomic E-state index is 5.63. The molecule has 0 saturated carbocycles. The van der Waals surface area contributed by atoms with Gasteiger partial charge in [0.05, 0.1) is 6.10 Å². The number of benzene rings is 1. The summed E-state index contributed by atoms with van der Waals surface area (Å²) in [5, 5.41) is 6.77. The topological polar surface area (TPSA) is 59.1 Å². The Morgan fingerprint density at radius 1 is 1.17 bits per heavy atom. The van der Waals surface area contributed by atoms with Gasteiger partial charge in [-0.25, -0.2) is 9.97 Å². The Balaban J connectivity index is 1.71. The normalized spacial score (nSPS) is 17.7. The zero-order chi connectivity index (χ0) is 17.0. The van der Waals surface area contributed by atoms with Crippen LogP contribution in [-0.2, 0) is 10.2 Å². The van der Waals surface area contributed by atoms with E-state index in [1.54, 1.807) is 6.33 Å². The van der Waals surface area contributed by atoms with Crippen LogP contribution in [0.25, 0.3) is 0 Å². The monoisotopic (exact) mass is 326 g/mol. The first-order chi connectivity index (χ1) is 11.5. The van der Waals surface area contributed by atoms with E-state index in [2.05, 4.69) is 59.6 Å². The lowest BCUT2D eigenvalue weighted by Crippen LogP contribution is -2.19. The van der Waals surface area contributed by atoms with E-state index >= 15 is 0 Å². The van der Waals surface area contributed by atoms with Crippen molar-refractivity contribution in [3.8, 4) is 0 Å². The molecule has 1 aromatic heterocycles. The molecular formula is C19H26N4O. The van der Waals surface area contributed by atoms with E-state index in [1.165, 1.54) is 5.56 Å². The molecule has 1 unspecified atom stereocenters. The number of para-hydroxylation sites is 1. The van der Waals surface area contributed by atoms with Crippen LogP contribution in [-0.4, -0.2) is 29.2 Å². The Morgan fingerprint density at radius 2 is 1.96 bits per heavy atom. The van der Waals surface area contributed by atoms with Crippen LogP contribution in [0.1, 0.15) is 39.2 Å². The second-order valence-corrected chi connectivity index (χ2v) is 7.22. The zero-order valence-corrected chi connectivity index (χ0v) is 14.7. The van der Waals surface area contributed by atoms with Gasteiger partial charge in [-0.15, -0.1) is 0 Å². The lowest BCUT2D eigenvalue weighted by Gasteiger charge is -2.23. The molecule has 2 heterocycles. The van der Waals surface area contributed by atoms with Crippen molar-refractivity contribution < 1.29 is 4.74 Å². The third kappa shape index (κ3) is 4.23. The van der Waals surface area contributed by atoms with E-state index in [4.69, 9.17) is 4.74 Å². The van der Waals surface area contributed by atoms with Crippen LogP contribution >= 0.6 is 0 Å². The third-order valence-electron chi connectivity index (χ3n) is 4.20. The molecule has 2 aromatic rings. The second kappa shape index (κ2) is 7.18. The molecule has 128 valence electrons. The molecule has 0 bridgehead atoms. The highest BCUT2D eigenvalue weighted by Gasteiger charge is 2.18. The van der Waals surface area contributed by atoms with Crippen LogP contribution in [0.5, 0.6) is 0 Å². The van der Waals surface area contributed by atoms with E-state index in [1.807, 2.05) is 12.1 Å². The number of hydrogen-bond acceptors (Lipinski definition) is 5. The first-order valence-electron chi connectivity index (χ1n) is 8.56. The van der Waals surface area contributed by atoms with Crippen LogP contribution in [0.3, 0.4) is 0 Å². The molecule has 1 aliphatic heterocycles. The highest BCUT2D eigenvalue weighted by molar-refractivity contribution is 5.63. The van der Waals surface area contributed by atoms with E-state index < -0.39 is 0 Å². The predicted octanol–water partition coefficient (Wildman–Crippen LogP) is 4.11. The van der Waals surface area contributed by atoms with E-state index in [9.17, 15) is 0 Å². The van der Waals surface area contributed by atoms with E-state index in [0.717, 1.165) is 43.3 Å². The molecule has 24 heavy (non-hydrogen) atoms. The fourth-order valence-corrected chi connectivity index (χ4v) is 2.93. The van der Waals surface area contributed by atoms with Crippen molar-refractivity contribution in [1.29, 1.82) is 0 Å². The maximum absolute atomic E-state index is 5.63. The van der Waals surface area contributed by atoms with Crippen molar-refractivity contribution >= 4 is 17.3 Å². The van der Waals surface area contributed by atoms with Crippen LogP contribution in [0, 0.1) is 0 Å². The third-order valence-corrected chi connectivity index (χ3v) is 4.20. The average Bonchev–Trinajstić information content (AvgIpc) is 3.06. The molecule has 0 amide bonds. The molecule has 0 radical (unpaired) electrons. The minimum atomic E-state index is 0.0670. The van der Waals surface area contributed by atoms with Crippen molar-refractivity contribution in [3.05, 3.63) is 42.2 Å². The predicted molar refractivity (Wildman–Crippen MR) is 97.9 cm³/mol. The molecule has 5 heteroatoms. The van der Waals surface area contributed by atoms with Gasteiger partial charge in [-0.1, -0.05) is 39.0 Å². The summed E-state index contributed by atoms with van der Waals surface area (Å²) < 4.78 is 5.63. The highest BCUT2D eigenvalue weighted by Crippen LogP contribution is 2.31. The van der Waals surface area contributed by atoms with E-state index in [0.29, 0.717) is 0 Å². The van der Waals surface area contributed by atoms with Crippen molar-refractivity contribution in [2.75, 3.05) is 23.8 Å². The summed E-state index contributed by atoms with van der Waals surface area (Å²) in [5.74, 6) is 1.60. The number of aromatic nitrogens is 2. The molecule has 1 aliphatic rings. The van der Waals surface area contributed by atoms with Crippen molar-refractivity contribution in [2.45, 2.75) is 45.1 Å². The van der Waals surface area contributed by atoms with Gasteiger partial charge >= 0.3 is 0 Å². The molecular weight excluding hydrogens is 300 g/mol. The summed E-state index contributed by atoms with van der Waals surface area (Å²) in [5.41, 5.74) is 2.41. The standard InChI is InChI=1S/C19H26N4O/c1-19(2,3)15-8-4-5-9-16(15)23-18-11-17(21-13-22-18)20-12-14-7-6-10-24-14/h4-5,8-9,11,13-14H,6-7,10,12H2,1-3H3,(H2,20,21,22,23). The summed E-state index contributed by atoms with van der Waals surface area (Å²) >= 11 is 0. The number of rotatable bonds is 5. The number of anilines is 3. The number of nitrogens with one attached hydrogen (secondary N) is 2. The van der Waals surface area contributed by atoms with Gasteiger partial charge in [0.15, 0.2) is 0 Å². The van der Waals surface area contributed by atoms with Gasteiger partial charge in [-0.2, -0.15) is 0 Å². The van der Waals surface area contributed by atoms with Crippen LogP contribution in [0.4, 0.5) is 17.3 Å². The second-order valence-electron chi connectivity index (χ2n) is 7.22. The summed E-state index contributed by atoms with van der Waals surface area (Å²) in [4.78, 5) is 8.64. The van der Waals surface area contributed by atoms with Gasteiger partial charge in [-0.3, -0.25) is 0 Å². The summed E-state index contributed by atoms with van der Waals surface area (Å²) in [6, 6.07) is 10.3. The Hall–Kier alpha value is -2.14. The molecule has 1 aromatic carbocycles. The lowest BCUT2D eigenvalue weighted by molar-refractivity contribution is 0.120. The van der Waals surface area contributed by atoms with Crippen molar-refractivity contribution in [3.63, 3.8) is 0 Å². The number of ether oxygens (including phenoxy) is 1. The quantitative estimate of drug-likeness (QED) is 0.866. The minimum Gasteiger partial charge on any atom is -0.376 e. The van der Waals surface area contributed by atoms with Crippen molar-refractivity contribution in [1.82, 2.24) is 9.97 Å². The first kappa shape index (κ1) is 16.7. The molecule has 5 nitrogen and oxygen atoms in total. The fourth-order valence-electron chi connectivity index (χ4n) is 2.93. The van der Waals surface area contributed by atoms with Gasteiger partial charge in [0.2, 0.25) is 0 Å². The Morgan fingerprint density at radius 3 is 2.71 bits per heavy atom. The van der Waals surface area contributed by atoms with E-state index in [-0.39, 0.29) is 11.5 Å². The fraction of sp³-hybridized carbons (Fsp3) is 0.474. The average molecular weight is 326 g/mol. The Labute approximate surface area is 143 Å². The van der Waals surface area contributed by atoms with Crippen LogP contribution in [0.2, 0.25) is 0 Å². The van der Waals surface area contributed by atoms with Gasteiger partial charge < -0.3 is 15.4 Å². The highest BCUT2D eigenvalue weighted by atomic mass is 16.5. The molecule has 2 N–H and O–H groups in total. The molecule has 1 fully saturated rings. The Bertz CT molecular complexity index is 675. The maximum Gasteiger partial charge on any atom is 0.135 e. The van der Waals surface area contributed by atoms with Crippen LogP contribution in [0.15, 0.2) is 36.7 Å².